The van der Waals surface area contributed by atoms with E-state index in [1.54, 1.807) is 0 Å². The molecule has 0 aromatic rings. The van der Waals surface area contributed by atoms with Crippen molar-refractivity contribution in [2.45, 2.75) is 19.8 Å². The average molecular weight is 172 g/mol. The topological polar surface area (TPSA) is 81.8 Å². The first-order valence-corrected chi connectivity index (χ1v) is 3.67. The van der Waals surface area contributed by atoms with E-state index in [0.717, 1.165) is 19.1 Å². The Morgan fingerprint density at radius 1 is 1.58 bits per heavy atom. The van der Waals surface area contributed by atoms with Crippen LogP contribution in [-0.4, -0.2) is 24.8 Å². The first kappa shape index (κ1) is 10.6. The number of primary amides is 1. The number of hydrogen-bond donors (Lipinski definition) is 1. The summed E-state index contributed by atoms with van der Waals surface area (Å²) in [7, 11) is 0. The van der Waals surface area contributed by atoms with Gasteiger partial charge in [0.1, 0.15) is 6.21 Å². The summed E-state index contributed by atoms with van der Waals surface area (Å²) in [6.45, 7) is 2.32. The van der Waals surface area contributed by atoms with Crippen molar-refractivity contribution in [1.82, 2.24) is 0 Å². The minimum atomic E-state index is -0.901. The van der Waals surface area contributed by atoms with Crippen LogP contribution in [0.2, 0.25) is 0 Å². The molecule has 0 aromatic heterocycles. The zero-order valence-electron chi connectivity index (χ0n) is 6.95. The fourth-order valence-electron chi connectivity index (χ4n) is 0.471. The second kappa shape index (κ2) is 6.33. The summed E-state index contributed by atoms with van der Waals surface area (Å²) in [6.07, 6.45) is 2.52. The van der Waals surface area contributed by atoms with Crippen molar-refractivity contribution in [2.24, 2.45) is 10.7 Å². The SMILES string of the molecule is CCCCOC(=O)C=NC(N)=O. The van der Waals surface area contributed by atoms with E-state index in [1.165, 1.54) is 0 Å². The number of amides is 2. The van der Waals surface area contributed by atoms with Crippen LogP contribution in [0, 0.1) is 0 Å². The summed E-state index contributed by atoms with van der Waals surface area (Å²) in [4.78, 5) is 23.7. The van der Waals surface area contributed by atoms with Gasteiger partial charge < -0.3 is 10.5 Å². The monoisotopic (exact) mass is 172 g/mol. The highest BCUT2D eigenvalue weighted by atomic mass is 16.5. The minimum Gasteiger partial charge on any atom is -0.461 e. The van der Waals surface area contributed by atoms with Crippen molar-refractivity contribution in [2.75, 3.05) is 6.61 Å². The molecule has 2 N–H and O–H groups in total. The lowest BCUT2D eigenvalue weighted by Gasteiger charge is -1.97. The van der Waals surface area contributed by atoms with Gasteiger partial charge in [0, 0.05) is 0 Å². The Kier molecular flexibility index (Phi) is 5.60. The van der Waals surface area contributed by atoms with Crippen LogP contribution in [0.3, 0.4) is 0 Å². The number of nitrogens with zero attached hydrogens (tertiary/aromatic N) is 1. The maximum Gasteiger partial charge on any atom is 0.349 e. The molecule has 0 unspecified atom stereocenters. The Labute approximate surface area is 70.6 Å². The summed E-state index contributed by atoms with van der Waals surface area (Å²) >= 11 is 0. The predicted molar refractivity (Wildman–Crippen MR) is 43.9 cm³/mol. The molecule has 0 saturated carbocycles. The van der Waals surface area contributed by atoms with Gasteiger partial charge in [-0.25, -0.2) is 9.59 Å². The third kappa shape index (κ3) is 6.73. The molecule has 5 heteroatoms. The first-order valence-electron chi connectivity index (χ1n) is 3.67. The Balaban J connectivity index is 3.53. The molecule has 0 aliphatic rings. The minimum absolute atomic E-state index is 0.347. The molecule has 0 bridgehead atoms. The van der Waals surface area contributed by atoms with Crippen molar-refractivity contribution in [3.8, 4) is 0 Å². The number of rotatable bonds is 4. The van der Waals surface area contributed by atoms with Gasteiger partial charge in [-0.15, -0.1) is 0 Å². The lowest BCUT2D eigenvalue weighted by molar-refractivity contribution is -0.135. The van der Waals surface area contributed by atoms with Gasteiger partial charge in [-0.05, 0) is 6.42 Å². The van der Waals surface area contributed by atoms with Crippen LogP contribution >= 0.6 is 0 Å². The van der Waals surface area contributed by atoms with Gasteiger partial charge in [-0.1, -0.05) is 13.3 Å². The van der Waals surface area contributed by atoms with Crippen LogP contribution in [0.25, 0.3) is 0 Å². The van der Waals surface area contributed by atoms with Gasteiger partial charge >= 0.3 is 12.0 Å². The standard InChI is InChI=1S/C7H12N2O3/c1-2-3-4-12-6(10)5-9-7(8)11/h5H,2-4H2,1H3,(H2,8,11). The van der Waals surface area contributed by atoms with Crippen molar-refractivity contribution in [1.29, 1.82) is 0 Å². The van der Waals surface area contributed by atoms with Gasteiger partial charge in [0.15, 0.2) is 0 Å². The smallest absolute Gasteiger partial charge is 0.349 e. The molecule has 0 rings (SSSR count). The van der Waals surface area contributed by atoms with Crippen molar-refractivity contribution < 1.29 is 14.3 Å². The molecular weight excluding hydrogens is 160 g/mol. The fourth-order valence-corrected chi connectivity index (χ4v) is 0.471. The van der Waals surface area contributed by atoms with E-state index in [-0.39, 0.29) is 0 Å². The molecule has 12 heavy (non-hydrogen) atoms. The van der Waals surface area contributed by atoms with Crippen LogP contribution in [-0.2, 0) is 9.53 Å². The van der Waals surface area contributed by atoms with Crippen molar-refractivity contribution in [3.05, 3.63) is 0 Å². The second-order valence-electron chi connectivity index (χ2n) is 2.12. The predicted octanol–water partition coefficient (Wildman–Crippen LogP) is 0.479. The van der Waals surface area contributed by atoms with Gasteiger partial charge in [0.2, 0.25) is 0 Å². The molecular formula is C7H12N2O3. The molecule has 0 saturated heterocycles. The zero-order valence-corrected chi connectivity index (χ0v) is 6.95. The van der Waals surface area contributed by atoms with E-state index in [4.69, 9.17) is 0 Å². The van der Waals surface area contributed by atoms with Crippen LogP contribution in [0.5, 0.6) is 0 Å². The molecule has 0 aliphatic carbocycles. The van der Waals surface area contributed by atoms with Crippen LogP contribution < -0.4 is 5.73 Å². The largest absolute Gasteiger partial charge is 0.461 e. The third-order valence-corrected chi connectivity index (χ3v) is 1.04. The van der Waals surface area contributed by atoms with Crippen LogP contribution in [0.1, 0.15) is 19.8 Å². The number of urea groups is 1. The molecule has 0 spiro atoms. The lowest BCUT2D eigenvalue weighted by Crippen LogP contribution is -2.11. The van der Waals surface area contributed by atoms with E-state index in [1.807, 2.05) is 6.92 Å². The Morgan fingerprint density at radius 3 is 2.75 bits per heavy atom. The van der Waals surface area contributed by atoms with Crippen molar-refractivity contribution >= 4 is 18.2 Å². The first-order chi connectivity index (χ1) is 5.66. The molecule has 0 radical (unpaired) electrons. The molecule has 0 fully saturated rings. The third-order valence-electron chi connectivity index (χ3n) is 1.04. The number of carbonyl (C=O) groups excluding carboxylic acids is 2. The Bertz CT molecular complexity index is 189. The summed E-state index contributed by atoms with van der Waals surface area (Å²) in [5, 5.41) is 0. The zero-order chi connectivity index (χ0) is 9.40. The van der Waals surface area contributed by atoms with Crippen LogP contribution in [0.15, 0.2) is 4.99 Å². The van der Waals surface area contributed by atoms with Gasteiger partial charge in [0.05, 0.1) is 6.61 Å². The summed E-state index contributed by atoms with van der Waals surface area (Å²) in [6, 6.07) is -0.901. The van der Waals surface area contributed by atoms with Gasteiger partial charge in [-0.2, -0.15) is 4.99 Å². The van der Waals surface area contributed by atoms with E-state index in [2.05, 4.69) is 15.5 Å². The summed E-state index contributed by atoms with van der Waals surface area (Å²) in [5.74, 6) is -0.637. The molecule has 0 aliphatic heterocycles. The van der Waals surface area contributed by atoms with E-state index >= 15 is 0 Å². The number of ether oxygens (including phenoxy) is 1. The number of nitrogens with two attached hydrogens (primary N) is 1. The molecule has 0 aromatic carbocycles. The Morgan fingerprint density at radius 2 is 2.25 bits per heavy atom. The van der Waals surface area contributed by atoms with Crippen molar-refractivity contribution in [3.63, 3.8) is 0 Å². The number of esters is 1. The van der Waals surface area contributed by atoms with E-state index in [9.17, 15) is 9.59 Å². The molecule has 0 heterocycles. The van der Waals surface area contributed by atoms with E-state index in [0.29, 0.717) is 6.61 Å². The summed E-state index contributed by atoms with van der Waals surface area (Å²) < 4.78 is 4.64. The molecule has 68 valence electrons. The normalized spacial score (nSPS) is 10.1. The second-order valence-corrected chi connectivity index (χ2v) is 2.12. The maximum atomic E-state index is 10.6. The maximum absolute atomic E-state index is 10.6. The lowest BCUT2D eigenvalue weighted by atomic mass is 10.4. The highest BCUT2D eigenvalue weighted by molar-refractivity contribution is 6.25. The number of unbranched alkanes of at least 4 members (excludes halogenated alkanes) is 1. The summed E-state index contributed by atoms with van der Waals surface area (Å²) in [5.41, 5.74) is 4.65. The number of aliphatic imine (C=N–C) groups is 1. The number of carbonyl (C=O) groups is 2. The molecule has 5 nitrogen and oxygen atoms in total. The Hall–Kier alpha value is -1.39. The van der Waals surface area contributed by atoms with Gasteiger partial charge in [-0.3, -0.25) is 0 Å². The van der Waals surface area contributed by atoms with E-state index < -0.39 is 12.0 Å². The highest BCUT2D eigenvalue weighted by Gasteiger charge is 1.96. The molecule has 0 atom stereocenters. The number of hydrogen-bond acceptors (Lipinski definition) is 3. The van der Waals surface area contributed by atoms with Crippen LogP contribution in [0.4, 0.5) is 4.79 Å². The average Bonchev–Trinajstić information content (AvgIpc) is 2.01. The van der Waals surface area contributed by atoms with Gasteiger partial charge in [0.25, 0.3) is 0 Å². The highest BCUT2D eigenvalue weighted by Crippen LogP contribution is 1.87. The molecule has 2 amide bonds. The quantitative estimate of drug-likeness (QED) is 0.380. The fraction of sp³-hybridized carbons (Fsp3) is 0.571.